The number of hydrogen-bond donors (Lipinski definition) is 1. The molecule has 3 nitrogen and oxygen atoms in total. The lowest BCUT2D eigenvalue weighted by molar-refractivity contribution is 0.431. The summed E-state index contributed by atoms with van der Waals surface area (Å²) in [6.45, 7) is 8.85. The summed E-state index contributed by atoms with van der Waals surface area (Å²) in [5.74, 6) is 1.65. The molecule has 0 saturated heterocycles. The molecular weight excluding hydrogens is 224 g/mol. The lowest BCUT2D eigenvalue weighted by atomic mass is 10.0. The van der Waals surface area contributed by atoms with Gasteiger partial charge in [0.1, 0.15) is 5.76 Å². The van der Waals surface area contributed by atoms with E-state index in [4.69, 9.17) is 4.42 Å². The van der Waals surface area contributed by atoms with Gasteiger partial charge in [-0.3, -0.25) is 0 Å². The molecule has 0 amide bonds. The average molecular weight is 244 g/mol. The molecule has 0 aliphatic rings. The molecule has 0 bridgehead atoms. The molecule has 0 spiro atoms. The Kier molecular flexibility index (Phi) is 3.82. The number of aromatic nitrogens is 1. The van der Waals surface area contributed by atoms with Crippen molar-refractivity contribution >= 4 is 0 Å². The standard InChI is InChI=1S/C15H20N2O/c1-10-7-5-6-8-14(10)12(3)16-9-15-17-11(2)13(4)18-15/h5-8,12,16H,9H2,1-4H3. The second-order valence-electron chi connectivity index (χ2n) is 4.71. The van der Waals surface area contributed by atoms with Crippen molar-refractivity contribution in [2.75, 3.05) is 0 Å². The molecule has 96 valence electrons. The highest BCUT2D eigenvalue weighted by atomic mass is 16.4. The van der Waals surface area contributed by atoms with Crippen LogP contribution in [0.25, 0.3) is 0 Å². The molecule has 0 radical (unpaired) electrons. The first-order chi connectivity index (χ1) is 8.58. The summed E-state index contributed by atoms with van der Waals surface area (Å²) in [5, 5.41) is 3.44. The number of oxazole rings is 1. The molecule has 0 fully saturated rings. The molecule has 2 rings (SSSR count). The predicted octanol–water partition coefficient (Wildman–Crippen LogP) is 3.45. The summed E-state index contributed by atoms with van der Waals surface area (Å²) in [7, 11) is 0. The summed E-state index contributed by atoms with van der Waals surface area (Å²) in [6, 6.07) is 8.71. The van der Waals surface area contributed by atoms with Crippen LogP contribution in [0, 0.1) is 20.8 Å². The Morgan fingerprint density at radius 2 is 1.94 bits per heavy atom. The minimum atomic E-state index is 0.290. The van der Waals surface area contributed by atoms with E-state index in [1.165, 1.54) is 11.1 Å². The zero-order chi connectivity index (χ0) is 13.1. The molecule has 0 aliphatic carbocycles. The Morgan fingerprint density at radius 1 is 1.22 bits per heavy atom. The second kappa shape index (κ2) is 5.36. The SMILES string of the molecule is Cc1ccccc1C(C)NCc1nc(C)c(C)o1. The third-order valence-corrected chi connectivity index (χ3v) is 3.29. The average Bonchev–Trinajstić information content (AvgIpc) is 2.66. The molecule has 0 aliphatic heterocycles. The lowest BCUT2D eigenvalue weighted by Gasteiger charge is -2.15. The zero-order valence-electron chi connectivity index (χ0n) is 11.4. The number of nitrogens with one attached hydrogen (secondary N) is 1. The Balaban J connectivity index is 2.00. The fraction of sp³-hybridized carbons (Fsp3) is 0.400. The zero-order valence-corrected chi connectivity index (χ0v) is 11.4. The van der Waals surface area contributed by atoms with Gasteiger partial charge >= 0.3 is 0 Å². The Hall–Kier alpha value is -1.61. The molecule has 1 heterocycles. The maximum absolute atomic E-state index is 5.56. The number of hydrogen-bond acceptors (Lipinski definition) is 3. The minimum absolute atomic E-state index is 0.290. The summed E-state index contributed by atoms with van der Waals surface area (Å²) in [6.07, 6.45) is 0. The van der Waals surface area contributed by atoms with Gasteiger partial charge < -0.3 is 9.73 Å². The van der Waals surface area contributed by atoms with Crippen LogP contribution in [0.2, 0.25) is 0 Å². The van der Waals surface area contributed by atoms with Crippen molar-refractivity contribution in [2.45, 2.75) is 40.3 Å². The van der Waals surface area contributed by atoms with Gasteiger partial charge in [-0.1, -0.05) is 24.3 Å². The van der Waals surface area contributed by atoms with E-state index in [9.17, 15) is 0 Å². The Bertz CT molecular complexity index is 512. The van der Waals surface area contributed by atoms with Gasteiger partial charge in [-0.15, -0.1) is 0 Å². The molecule has 2 aromatic rings. The summed E-state index contributed by atoms with van der Waals surface area (Å²) >= 11 is 0. The highest BCUT2D eigenvalue weighted by molar-refractivity contribution is 5.28. The number of benzene rings is 1. The number of rotatable bonds is 4. The number of nitrogens with zero attached hydrogens (tertiary/aromatic N) is 1. The van der Waals surface area contributed by atoms with Gasteiger partial charge in [-0.2, -0.15) is 0 Å². The molecule has 1 aromatic heterocycles. The third kappa shape index (κ3) is 2.79. The minimum Gasteiger partial charge on any atom is -0.444 e. The molecule has 0 saturated carbocycles. The third-order valence-electron chi connectivity index (χ3n) is 3.29. The molecular formula is C15H20N2O. The summed E-state index contributed by atoms with van der Waals surface area (Å²) in [4.78, 5) is 4.37. The fourth-order valence-corrected chi connectivity index (χ4v) is 2.04. The van der Waals surface area contributed by atoms with E-state index in [1.807, 2.05) is 13.8 Å². The Morgan fingerprint density at radius 3 is 2.56 bits per heavy atom. The van der Waals surface area contributed by atoms with Gasteiger partial charge in [-0.25, -0.2) is 4.98 Å². The van der Waals surface area contributed by atoms with E-state index in [1.54, 1.807) is 0 Å². The van der Waals surface area contributed by atoms with Crippen LogP contribution in [0.1, 0.15) is 41.4 Å². The van der Waals surface area contributed by atoms with E-state index in [0.717, 1.165) is 17.3 Å². The van der Waals surface area contributed by atoms with Crippen LogP contribution >= 0.6 is 0 Å². The quantitative estimate of drug-likeness (QED) is 0.895. The van der Waals surface area contributed by atoms with Crippen molar-refractivity contribution in [3.8, 4) is 0 Å². The van der Waals surface area contributed by atoms with Crippen LogP contribution in [0.15, 0.2) is 28.7 Å². The summed E-state index contributed by atoms with van der Waals surface area (Å²) < 4.78 is 5.56. The van der Waals surface area contributed by atoms with E-state index in [2.05, 4.69) is 48.4 Å². The van der Waals surface area contributed by atoms with Crippen molar-refractivity contribution in [2.24, 2.45) is 0 Å². The van der Waals surface area contributed by atoms with E-state index in [-0.39, 0.29) is 0 Å². The molecule has 3 heteroatoms. The first-order valence-corrected chi connectivity index (χ1v) is 6.29. The van der Waals surface area contributed by atoms with Crippen LogP contribution in [-0.2, 0) is 6.54 Å². The van der Waals surface area contributed by atoms with Crippen molar-refractivity contribution < 1.29 is 4.42 Å². The lowest BCUT2D eigenvalue weighted by Crippen LogP contribution is -2.19. The largest absolute Gasteiger partial charge is 0.444 e. The van der Waals surface area contributed by atoms with Crippen LogP contribution in [0.4, 0.5) is 0 Å². The van der Waals surface area contributed by atoms with Crippen LogP contribution in [-0.4, -0.2) is 4.98 Å². The van der Waals surface area contributed by atoms with Crippen molar-refractivity contribution in [3.63, 3.8) is 0 Å². The predicted molar refractivity (Wildman–Crippen MR) is 72.4 cm³/mol. The van der Waals surface area contributed by atoms with E-state index < -0.39 is 0 Å². The van der Waals surface area contributed by atoms with E-state index in [0.29, 0.717) is 12.6 Å². The van der Waals surface area contributed by atoms with Crippen molar-refractivity contribution in [1.29, 1.82) is 0 Å². The van der Waals surface area contributed by atoms with Gasteiger partial charge in [0.2, 0.25) is 5.89 Å². The molecule has 1 aromatic carbocycles. The summed E-state index contributed by atoms with van der Waals surface area (Å²) in [5.41, 5.74) is 3.59. The molecule has 1 atom stereocenters. The van der Waals surface area contributed by atoms with Gasteiger partial charge in [0, 0.05) is 6.04 Å². The maximum atomic E-state index is 5.56. The molecule has 1 N–H and O–H groups in total. The normalized spacial score (nSPS) is 12.7. The van der Waals surface area contributed by atoms with Gasteiger partial charge in [0.25, 0.3) is 0 Å². The highest BCUT2D eigenvalue weighted by Gasteiger charge is 2.10. The number of aryl methyl sites for hydroxylation is 3. The fourth-order valence-electron chi connectivity index (χ4n) is 2.04. The Labute approximate surface area is 108 Å². The first-order valence-electron chi connectivity index (χ1n) is 6.29. The van der Waals surface area contributed by atoms with Gasteiger partial charge in [0.05, 0.1) is 12.2 Å². The van der Waals surface area contributed by atoms with Crippen LogP contribution in [0.5, 0.6) is 0 Å². The highest BCUT2D eigenvalue weighted by Crippen LogP contribution is 2.17. The van der Waals surface area contributed by atoms with Crippen LogP contribution < -0.4 is 5.32 Å². The topological polar surface area (TPSA) is 38.1 Å². The first kappa shape index (κ1) is 12.8. The van der Waals surface area contributed by atoms with Gasteiger partial charge in [0.15, 0.2) is 0 Å². The molecule has 18 heavy (non-hydrogen) atoms. The smallest absolute Gasteiger partial charge is 0.208 e. The maximum Gasteiger partial charge on any atom is 0.208 e. The van der Waals surface area contributed by atoms with Crippen molar-refractivity contribution in [3.05, 3.63) is 52.7 Å². The second-order valence-corrected chi connectivity index (χ2v) is 4.71. The van der Waals surface area contributed by atoms with Crippen molar-refractivity contribution in [1.82, 2.24) is 10.3 Å². The van der Waals surface area contributed by atoms with Crippen LogP contribution in [0.3, 0.4) is 0 Å². The van der Waals surface area contributed by atoms with Gasteiger partial charge in [-0.05, 0) is 38.8 Å². The monoisotopic (exact) mass is 244 g/mol. The molecule has 1 unspecified atom stereocenters. The van der Waals surface area contributed by atoms with E-state index >= 15 is 0 Å².